The summed E-state index contributed by atoms with van der Waals surface area (Å²) in [6, 6.07) is 1.79. The zero-order valence-electron chi connectivity index (χ0n) is 12.3. The van der Waals surface area contributed by atoms with Crippen LogP contribution >= 0.6 is 0 Å². The van der Waals surface area contributed by atoms with E-state index < -0.39 is 6.61 Å². The van der Waals surface area contributed by atoms with Crippen LogP contribution in [0.1, 0.15) is 10.4 Å². The van der Waals surface area contributed by atoms with Crippen LogP contribution in [0.4, 0.5) is 0 Å². The number of nitrogens with one attached hydrogen (secondary N) is 1. The Labute approximate surface area is 124 Å². The van der Waals surface area contributed by atoms with Crippen molar-refractivity contribution in [3.05, 3.63) is 24.0 Å². The highest BCUT2D eigenvalue weighted by molar-refractivity contribution is 5.93. The molecule has 2 N–H and O–H groups in total. The van der Waals surface area contributed by atoms with Crippen LogP contribution in [0.25, 0.3) is 0 Å². The Morgan fingerprint density at radius 2 is 2.00 bits per heavy atom. The quantitative estimate of drug-likeness (QED) is 0.722. The second-order valence-electron chi connectivity index (χ2n) is 5.20. The normalized spacial score (nSPS) is 16.0. The summed E-state index contributed by atoms with van der Waals surface area (Å²) < 4.78 is 1.84. The monoisotopic (exact) mass is 294 g/mol. The van der Waals surface area contributed by atoms with Crippen molar-refractivity contribution in [3.8, 4) is 0 Å². The molecule has 0 unspecified atom stereocenters. The third-order valence-corrected chi connectivity index (χ3v) is 3.67. The van der Waals surface area contributed by atoms with E-state index in [9.17, 15) is 9.59 Å². The first-order valence-electron chi connectivity index (χ1n) is 7.11. The standard InChI is InChI=1S/C14H22N4O3/c1-16-4-2-12(10-16)14(21)15-3-5-17-6-8-18(9-7-17)13(20)11-19/h2,4,10,19H,3,5-9,11H2,1H3,(H,15,21). The molecular formula is C14H22N4O3. The van der Waals surface area contributed by atoms with Gasteiger partial charge in [-0.15, -0.1) is 0 Å². The van der Waals surface area contributed by atoms with E-state index in [1.807, 2.05) is 17.8 Å². The van der Waals surface area contributed by atoms with Crippen molar-refractivity contribution in [1.82, 2.24) is 19.7 Å². The molecule has 1 aliphatic heterocycles. The highest BCUT2D eigenvalue weighted by Crippen LogP contribution is 2.02. The lowest BCUT2D eigenvalue weighted by molar-refractivity contribution is -0.135. The zero-order chi connectivity index (χ0) is 15.2. The van der Waals surface area contributed by atoms with Gasteiger partial charge in [0, 0.05) is 58.7 Å². The molecule has 116 valence electrons. The van der Waals surface area contributed by atoms with Crippen LogP contribution in [0.15, 0.2) is 18.5 Å². The van der Waals surface area contributed by atoms with Gasteiger partial charge in [-0.2, -0.15) is 0 Å². The summed E-state index contributed by atoms with van der Waals surface area (Å²) in [6.45, 7) is 3.73. The van der Waals surface area contributed by atoms with Gasteiger partial charge < -0.3 is 19.9 Å². The molecule has 1 aromatic heterocycles. The lowest BCUT2D eigenvalue weighted by atomic mass is 10.3. The number of piperazine rings is 1. The number of aromatic nitrogens is 1. The average molecular weight is 294 g/mol. The summed E-state index contributed by atoms with van der Waals surface area (Å²) in [5.74, 6) is -0.281. The summed E-state index contributed by atoms with van der Waals surface area (Å²) in [5, 5.41) is 11.7. The first kappa shape index (κ1) is 15.5. The maximum Gasteiger partial charge on any atom is 0.252 e. The van der Waals surface area contributed by atoms with Crippen LogP contribution in [-0.2, 0) is 11.8 Å². The topological polar surface area (TPSA) is 77.8 Å². The first-order chi connectivity index (χ1) is 10.1. The Morgan fingerprint density at radius 3 is 2.57 bits per heavy atom. The lowest BCUT2D eigenvalue weighted by Crippen LogP contribution is -2.50. The van der Waals surface area contributed by atoms with Gasteiger partial charge in [0.2, 0.25) is 5.91 Å². The molecule has 1 fully saturated rings. The van der Waals surface area contributed by atoms with Gasteiger partial charge in [0.05, 0.1) is 5.56 Å². The van der Waals surface area contributed by atoms with E-state index in [0.717, 1.165) is 19.6 Å². The maximum absolute atomic E-state index is 11.9. The van der Waals surface area contributed by atoms with Crippen LogP contribution in [0.5, 0.6) is 0 Å². The minimum Gasteiger partial charge on any atom is -0.387 e. The molecular weight excluding hydrogens is 272 g/mol. The third kappa shape index (κ3) is 4.30. The molecule has 1 saturated heterocycles. The number of rotatable bonds is 5. The molecule has 0 radical (unpaired) electrons. The number of aliphatic hydroxyl groups excluding tert-OH is 1. The smallest absolute Gasteiger partial charge is 0.252 e. The van der Waals surface area contributed by atoms with Gasteiger partial charge in [0.25, 0.3) is 5.91 Å². The van der Waals surface area contributed by atoms with Gasteiger partial charge in [-0.3, -0.25) is 14.5 Å². The van der Waals surface area contributed by atoms with Crippen molar-refractivity contribution in [3.63, 3.8) is 0 Å². The molecule has 1 aliphatic rings. The average Bonchev–Trinajstić information content (AvgIpc) is 2.94. The summed E-state index contributed by atoms with van der Waals surface area (Å²) >= 11 is 0. The second-order valence-corrected chi connectivity index (χ2v) is 5.20. The molecule has 2 rings (SSSR count). The van der Waals surface area contributed by atoms with Crippen LogP contribution in [0.3, 0.4) is 0 Å². The molecule has 0 atom stereocenters. The minimum absolute atomic E-state index is 0.0651. The van der Waals surface area contributed by atoms with Gasteiger partial charge in [-0.25, -0.2) is 0 Å². The van der Waals surface area contributed by atoms with Crippen LogP contribution in [0, 0.1) is 0 Å². The summed E-state index contributed by atoms with van der Waals surface area (Å²) in [7, 11) is 1.88. The molecule has 2 amide bonds. The first-order valence-corrected chi connectivity index (χ1v) is 7.11. The predicted octanol–water partition coefficient (Wildman–Crippen LogP) is -1.11. The summed E-state index contributed by atoms with van der Waals surface area (Å²) in [5.41, 5.74) is 0.663. The van der Waals surface area contributed by atoms with E-state index in [2.05, 4.69) is 10.2 Å². The van der Waals surface area contributed by atoms with E-state index in [0.29, 0.717) is 25.2 Å². The molecule has 1 aromatic rings. The predicted molar refractivity (Wildman–Crippen MR) is 77.9 cm³/mol. The molecule has 0 spiro atoms. The molecule has 0 aliphatic carbocycles. The molecule has 7 heteroatoms. The number of amides is 2. The number of carbonyl (C=O) groups is 2. The molecule has 7 nitrogen and oxygen atoms in total. The number of aryl methyl sites for hydroxylation is 1. The SMILES string of the molecule is Cn1ccc(C(=O)NCCN2CCN(C(=O)CO)CC2)c1. The van der Waals surface area contributed by atoms with E-state index in [-0.39, 0.29) is 11.8 Å². The van der Waals surface area contributed by atoms with Gasteiger partial charge in [0.15, 0.2) is 0 Å². The number of hydrogen-bond acceptors (Lipinski definition) is 4. The largest absolute Gasteiger partial charge is 0.387 e. The fourth-order valence-corrected chi connectivity index (χ4v) is 2.39. The molecule has 0 aromatic carbocycles. The van der Waals surface area contributed by atoms with Crippen molar-refractivity contribution >= 4 is 11.8 Å². The Hall–Kier alpha value is -1.86. The fraction of sp³-hybridized carbons (Fsp3) is 0.571. The van der Waals surface area contributed by atoms with Crippen molar-refractivity contribution in [2.24, 2.45) is 7.05 Å². The number of nitrogens with zero attached hydrogens (tertiary/aromatic N) is 3. The highest BCUT2D eigenvalue weighted by Gasteiger charge is 2.20. The van der Waals surface area contributed by atoms with Gasteiger partial charge in [0.1, 0.15) is 6.61 Å². The van der Waals surface area contributed by atoms with E-state index in [1.54, 1.807) is 17.2 Å². The highest BCUT2D eigenvalue weighted by atomic mass is 16.3. The number of hydrogen-bond donors (Lipinski definition) is 2. The third-order valence-electron chi connectivity index (χ3n) is 3.67. The lowest BCUT2D eigenvalue weighted by Gasteiger charge is -2.34. The Kier molecular flexibility index (Phi) is 5.35. The van der Waals surface area contributed by atoms with Gasteiger partial charge >= 0.3 is 0 Å². The number of carbonyl (C=O) groups excluding carboxylic acids is 2. The van der Waals surface area contributed by atoms with E-state index >= 15 is 0 Å². The van der Waals surface area contributed by atoms with Crippen molar-refractivity contribution in [2.45, 2.75) is 0 Å². The van der Waals surface area contributed by atoms with Gasteiger partial charge in [-0.1, -0.05) is 0 Å². The molecule has 2 heterocycles. The maximum atomic E-state index is 11.9. The minimum atomic E-state index is -0.423. The number of aliphatic hydroxyl groups is 1. The van der Waals surface area contributed by atoms with E-state index in [4.69, 9.17) is 5.11 Å². The summed E-state index contributed by atoms with van der Waals surface area (Å²) in [4.78, 5) is 27.1. The van der Waals surface area contributed by atoms with Crippen LogP contribution in [0.2, 0.25) is 0 Å². The Morgan fingerprint density at radius 1 is 1.29 bits per heavy atom. The Bertz CT molecular complexity index is 492. The van der Waals surface area contributed by atoms with Crippen molar-refractivity contribution < 1.29 is 14.7 Å². The van der Waals surface area contributed by atoms with Crippen LogP contribution < -0.4 is 5.32 Å². The van der Waals surface area contributed by atoms with E-state index in [1.165, 1.54) is 0 Å². The summed E-state index contributed by atoms with van der Waals surface area (Å²) in [6.07, 6.45) is 3.63. The molecule has 0 bridgehead atoms. The Balaban J connectivity index is 1.66. The molecule has 21 heavy (non-hydrogen) atoms. The molecule has 0 saturated carbocycles. The van der Waals surface area contributed by atoms with Crippen molar-refractivity contribution in [2.75, 3.05) is 45.9 Å². The zero-order valence-corrected chi connectivity index (χ0v) is 12.3. The fourth-order valence-electron chi connectivity index (χ4n) is 2.39. The second kappa shape index (κ2) is 7.24. The van der Waals surface area contributed by atoms with Gasteiger partial charge in [-0.05, 0) is 6.07 Å². The van der Waals surface area contributed by atoms with Crippen molar-refractivity contribution in [1.29, 1.82) is 0 Å². The van der Waals surface area contributed by atoms with Crippen LogP contribution in [-0.4, -0.2) is 77.2 Å².